The van der Waals surface area contributed by atoms with E-state index in [-0.39, 0.29) is 12.4 Å². The molecule has 5 unspecified atom stereocenters. The van der Waals surface area contributed by atoms with Crippen molar-refractivity contribution in [2.75, 3.05) is 24.7 Å². The van der Waals surface area contributed by atoms with Crippen LogP contribution in [0.2, 0.25) is 0 Å². The fraction of sp³-hybridized carbons (Fsp3) is 0.500. The van der Waals surface area contributed by atoms with Gasteiger partial charge in [-0.1, -0.05) is 42.5 Å². The quantitative estimate of drug-likeness (QED) is 0.137. The maximum Gasteiger partial charge on any atom is 0.364 e. The topological polar surface area (TPSA) is 192 Å². The summed E-state index contributed by atoms with van der Waals surface area (Å²) in [4.78, 5) is 48.1. The van der Waals surface area contributed by atoms with E-state index >= 15 is 0 Å². The number of thioether (sulfide) groups is 1. The molecule has 1 saturated heterocycles. The van der Waals surface area contributed by atoms with Crippen LogP contribution in [0.4, 0.5) is 0 Å². The highest BCUT2D eigenvalue weighted by atomic mass is 32.2. The van der Waals surface area contributed by atoms with Crippen LogP contribution in [0.15, 0.2) is 54.6 Å². The molecule has 13 heteroatoms. The van der Waals surface area contributed by atoms with Gasteiger partial charge in [0.15, 0.2) is 0 Å². The molecule has 1 fully saturated rings. The van der Waals surface area contributed by atoms with Crippen LogP contribution in [0, 0.1) is 0 Å². The molecule has 0 bridgehead atoms. The largest absolute Gasteiger partial charge is 0.477 e. The summed E-state index contributed by atoms with van der Waals surface area (Å²) in [6.07, 6.45) is -5.48. The Bertz CT molecular complexity index is 1280. The molecular weight excluding hydrogens is 604 g/mol. The third kappa shape index (κ3) is 10.6. The van der Waals surface area contributed by atoms with Crippen molar-refractivity contribution in [1.29, 1.82) is 0 Å². The lowest BCUT2D eigenvalue weighted by Gasteiger charge is -2.46. The Labute approximate surface area is 266 Å². The Morgan fingerprint density at radius 3 is 2.27 bits per heavy atom. The number of hydrogen-bond acceptors (Lipinski definition) is 10. The Kier molecular flexibility index (Phi) is 14.0. The molecule has 3 rings (SSSR count). The minimum absolute atomic E-state index is 0.0476. The van der Waals surface area contributed by atoms with Crippen LogP contribution in [0.25, 0.3) is 11.1 Å². The first-order valence-electron chi connectivity index (χ1n) is 14.8. The summed E-state index contributed by atoms with van der Waals surface area (Å²) in [7, 11) is 0. The van der Waals surface area contributed by atoms with Crippen LogP contribution in [0.1, 0.15) is 49.9 Å². The van der Waals surface area contributed by atoms with Gasteiger partial charge in [-0.15, -0.1) is 0 Å². The number of carboxylic acid groups (broad SMARTS) is 1. The highest BCUT2D eigenvalue weighted by Crippen LogP contribution is 2.34. The second kappa shape index (κ2) is 17.4. The number of nitrogens with one attached hydrogen (secondary N) is 2. The number of ketones is 1. The van der Waals surface area contributed by atoms with E-state index in [1.165, 1.54) is 13.8 Å². The van der Waals surface area contributed by atoms with Crippen LogP contribution in [0.5, 0.6) is 0 Å². The first-order chi connectivity index (χ1) is 21.4. The number of aliphatic hydroxyl groups excluding tert-OH is 3. The minimum Gasteiger partial charge on any atom is -0.477 e. The summed E-state index contributed by atoms with van der Waals surface area (Å²) >= 11 is 1.59. The smallest absolute Gasteiger partial charge is 0.364 e. The van der Waals surface area contributed by atoms with E-state index in [4.69, 9.17) is 9.47 Å². The molecular formula is C32H42N2O10S. The van der Waals surface area contributed by atoms with Crippen molar-refractivity contribution < 1.29 is 49.1 Å². The summed E-state index contributed by atoms with van der Waals surface area (Å²) in [5, 5.41) is 47.8. The van der Waals surface area contributed by atoms with Crippen molar-refractivity contribution >= 4 is 35.3 Å². The Morgan fingerprint density at radius 2 is 1.64 bits per heavy atom. The Morgan fingerprint density at radius 1 is 1.00 bits per heavy atom. The molecule has 0 aromatic heterocycles. The van der Waals surface area contributed by atoms with Crippen LogP contribution in [0.3, 0.4) is 0 Å². The standard InChI is InChI=1S/C32H42N2O10S/c1-20(35)8-6-16-45-17-7-15-43-32(31(41)42)18-25(37)27(34-21(2)36)29(44-32)28(39)26(38)19-33-30(40)24-13-11-23(12-14-24)22-9-4-3-5-10-22/h3-5,9-14,25-29,37-39H,6-8,15-19H2,1-2H3,(H,33,40)(H,34,36)(H,41,42)/t25?,26?,27?,28-,29?,32?/m0/s1. The van der Waals surface area contributed by atoms with E-state index in [9.17, 15) is 39.6 Å². The van der Waals surface area contributed by atoms with Gasteiger partial charge in [0.1, 0.15) is 18.0 Å². The van der Waals surface area contributed by atoms with Crippen molar-refractivity contribution in [1.82, 2.24) is 10.6 Å². The maximum atomic E-state index is 12.8. The highest BCUT2D eigenvalue weighted by molar-refractivity contribution is 7.99. The van der Waals surface area contributed by atoms with Gasteiger partial charge in [0.25, 0.3) is 11.7 Å². The van der Waals surface area contributed by atoms with Crippen LogP contribution >= 0.6 is 11.8 Å². The Hall–Kier alpha value is -3.33. The van der Waals surface area contributed by atoms with Crippen molar-refractivity contribution in [3.05, 3.63) is 60.2 Å². The lowest BCUT2D eigenvalue weighted by Crippen LogP contribution is -2.68. The van der Waals surface area contributed by atoms with Crippen LogP contribution < -0.4 is 10.6 Å². The van der Waals surface area contributed by atoms with Crippen molar-refractivity contribution in [3.63, 3.8) is 0 Å². The minimum atomic E-state index is -2.36. The third-order valence-corrected chi connectivity index (χ3v) is 8.47. The molecule has 1 aliphatic rings. The molecule has 1 aliphatic heterocycles. The molecule has 0 spiro atoms. The number of rotatable bonds is 17. The summed E-state index contributed by atoms with van der Waals surface area (Å²) in [6.45, 7) is 2.22. The molecule has 0 saturated carbocycles. The molecule has 12 nitrogen and oxygen atoms in total. The van der Waals surface area contributed by atoms with Gasteiger partial charge in [-0.25, -0.2) is 4.79 Å². The predicted octanol–water partition coefficient (Wildman–Crippen LogP) is 1.75. The van der Waals surface area contributed by atoms with Crippen LogP contribution in [-0.2, 0) is 23.9 Å². The van der Waals surface area contributed by atoms with E-state index in [1.807, 2.05) is 30.3 Å². The lowest BCUT2D eigenvalue weighted by molar-refractivity contribution is -0.310. The number of carbonyl (C=O) groups is 4. The number of aliphatic hydroxyl groups is 3. The molecule has 45 heavy (non-hydrogen) atoms. The average Bonchev–Trinajstić information content (AvgIpc) is 3.01. The number of carboxylic acids is 1. The van der Waals surface area contributed by atoms with E-state index in [0.717, 1.165) is 23.3 Å². The van der Waals surface area contributed by atoms with Gasteiger partial charge in [0, 0.05) is 31.9 Å². The predicted molar refractivity (Wildman–Crippen MR) is 168 cm³/mol. The molecule has 6 atom stereocenters. The van der Waals surface area contributed by atoms with E-state index in [0.29, 0.717) is 24.2 Å². The van der Waals surface area contributed by atoms with Gasteiger partial charge in [0.05, 0.1) is 24.9 Å². The SMILES string of the molecule is CC(=O)CCCSCCCOC1(C(=O)O)CC(O)C(NC(C)=O)C([C@@H](O)C(O)CNC(=O)c2ccc(-c3ccccc3)cc2)O1. The molecule has 0 radical (unpaired) electrons. The molecule has 6 N–H and O–H groups in total. The first kappa shape index (κ1) is 36.1. The van der Waals surface area contributed by atoms with Gasteiger partial charge in [-0.05, 0) is 54.5 Å². The zero-order valence-corrected chi connectivity index (χ0v) is 26.2. The summed E-state index contributed by atoms with van der Waals surface area (Å²) in [5.74, 6) is -3.49. The van der Waals surface area contributed by atoms with E-state index in [2.05, 4.69) is 10.6 Å². The number of benzene rings is 2. The van der Waals surface area contributed by atoms with Crippen molar-refractivity contribution in [2.24, 2.45) is 0 Å². The molecule has 246 valence electrons. The fourth-order valence-electron chi connectivity index (χ4n) is 4.96. The molecule has 1 heterocycles. The monoisotopic (exact) mass is 646 g/mol. The number of ether oxygens (including phenoxy) is 2. The maximum absolute atomic E-state index is 12.8. The summed E-state index contributed by atoms with van der Waals surface area (Å²) in [5.41, 5.74) is 2.20. The second-order valence-electron chi connectivity index (χ2n) is 11.0. The zero-order valence-electron chi connectivity index (χ0n) is 25.4. The number of Topliss-reactive ketones (excluding diaryl/α,β-unsaturated/α-hetero) is 1. The number of amides is 2. The van der Waals surface area contributed by atoms with Crippen LogP contribution in [-0.4, -0.2) is 105 Å². The average molecular weight is 647 g/mol. The zero-order chi connectivity index (χ0) is 33.0. The van der Waals surface area contributed by atoms with Gasteiger partial charge in [0.2, 0.25) is 5.91 Å². The highest BCUT2D eigenvalue weighted by Gasteiger charge is 2.55. The van der Waals surface area contributed by atoms with E-state index < -0.39 is 67.0 Å². The fourth-order valence-corrected chi connectivity index (χ4v) is 5.83. The third-order valence-electron chi connectivity index (χ3n) is 7.31. The lowest BCUT2D eigenvalue weighted by atomic mass is 9.88. The first-order valence-corrected chi connectivity index (χ1v) is 16.0. The number of carbonyl (C=O) groups excluding carboxylic acids is 3. The molecule has 0 aliphatic carbocycles. The summed E-state index contributed by atoms with van der Waals surface area (Å²) < 4.78 is 11.4. The van der Waals surface area contributed by atoms with E-state index in [1.54, 1.807) is 36.0 Å². The van der Waals surface area contributed by atoms with Gasteiger partial charge >= 0.3 is 5.97 Å². The molecule has 2 aromatic carbocycles. The van der Waals surface area contributed by atoms with Gasteiger partial charge < -0.3 is 45.3 Å². The van der Waals surface area contributed by atoms with Gasteiger partial charge in [-0.3, -0.25) is 9.59 Å². The van der Waals surface area contributed by atoms with Crippen molar-refractivity contribution in [3.8, 4) is 11.1 Å². The normalized spacial score (nSPS) is 22.6. The number of aliphatic carboxylic acids is 1. The van der Waals surface area contributed by atoms with Crippen molar-refractivity contribution in [2.45, 2.75) is 75.8 Å². The van der Waals surface area contributed by atoms with Gasteiger partial charge in [-0.2, -0.15) is 11.8 Å². The summed E-state index contributed by atoms with van der Waals surface area (Å²) in [6, 6.07) is 15.1. The second-order valence-corrected chi connectivity index (χ2v) is 12.2. The number of hydrogen-bond donors (Lipinski definition) is 6. The molecule has 2 amide bonds. The Balaban J connectivity index is 1.63. The molecule has 2 aromatic rings.